The van der Waals surface area contributed by atoms with E-state index in [1.807, 2.05) is 42.5 Å². The van der Waals surface area contributed by atoms with Gasteiger partial charge in [-0.05, 0) is 73.2 Å². The highest BCUT2D eigenvalue weighted by molar-refractivity contribution is 5.91. The molecular formula is C24H28N2O4. The van der Waals surface area contributed by atoms with Crippen LogP contribution in [0.2, 0.25) is 0 Å². The molecule has 1 fully saturated rings. The zero-order chi connectivity index (χ0) is 20.9. The number of methoxy groups -OCH3 is 1. The van der Waals surface area contributed by atoms with Crippen molar-refractivity contribution in [2.24, 2.45) is 0 Å². The largest absolute Gasteiger partial charge is 0.497 e. The summed E-state index contributed by atoms with van der Waals surface area (Å²) in [5.41, 5.74) is 4.20. The second-order valence-corrected chi connectivity index (χ2v) is 7.83. The van der Waals surface area contributed by atoms with Gasteiger partial charge in [-0.3, -0.25) is 4.79 Å². The Morgan fingerprint density at radius 1 is 0.900 bits per heavy atom. The lowest BCUT2D eigenvalue weighted by Crippen LogP contribution is -2.49. The molecule has 2 aromatic rings. The van der Waals surface area contributed by atoms with E-state index in [1.54, 1.807) is 12.0 Å². The highest BCUT2D eigenvalue weighted by Gasteiger charge is 2.23. The summed E-state index contributed by atoms with van der Waals surface area (Å²) >= 11 is 0. The normalized spacial score (nSPS) is 16.0. The van der Waals surface area contributed by atoms with Crippen LogP contribution in [-0.4, -0.2) is 56.7 Å². The topological polar surface area (TPSA) is 59.1 Å². The standard InChI is InChI=1S/C24H28N2O4/c1-29-22-10-8-21(9-11-22)25-12-14-26(15-13-25)23(27)17-30-24(28)20-7-6-18-4-2-3-5-19(18)16-20/h6-11,16H,2-5,12-15,17H2,1H3. The number of anilines is 1. The first-order valence-electron chi connectivity index (χ1n) is 10.6. The molecular weight excluding hydrogens is 380 g/mol. The third-order valence-corrected chi connectivity index (χ3v) is 5.98. The van der Waals surface area contributed by atoms with Crippen molar-refractivity contribution in [1.29, 1.82) is 0 Å². The fraction of sp³-hybridized carbons (Fsp3) is 0.417. The zero-order valence-electron chi connectivity index (χ0n) is 17.4. The molecule has 1 amide bonds. The Hall–Kier alpha value is -3.02. The van der Waals surface area contributed by atoms with Crippen molar-refractivity contribution in [3.63, 3.8) is 0 Å². The molecule has 6 nitrogen and oxygen atoms in total. The maximum Gasteiger partial charge on any atom is 0.338 e. The molecule has 30 heavy (non-hydrogen) atoms. The van der Waals surface area contributed by atoms with Crippen molar-refractivity contribution in [2.75, 3.05) is 44.8 Å². The van der Waals surface area contributed by atoms with E-state index in [4.69, 9.17) is 9.47 Å². The Balaban J connectivity index is 1.26. The number of fused-ring (bicyclic) bond motifs is 1. The SMILES string of the molecule is COc1ccc(N2CCN(C(=O)COC(=O)c3ccc4c(c3)CCCC4)CC2)cc1. The maximum atomic E-state index is 12.5. The van der Waals surface area contributed by atoms with Crippen LogP contribution in [0.15, 0.2) is 42.5 Å². The highest BCUT2D eigenvalue weighted by atomic mass is 16.5. The summed E-state index contributed by atoms with van der Waals surface area (Å²) in [5, 5.41) is 0. The minimum Gasteiger partial charge on any atom is -0.497 e. The number of rotatable bonds is 5. The van der Waals surface area contributed by atoms with Crippen molar-refractivity contribution in [3.05, 3.63) is 59.2 Å². The van der Waals surface area contributed by atoms with Crippen molar-refractivity contribution in [2.45, 2.75) is 25.7 Å². The van der Waals surface area contributed by atoms with E-state index in [-0.39, 0.29) is 12.5 Å². The molecule has 1 aliphatic carbocycles. The van der Waals surface area contributed by atoms with Crippen LogP contribution in [0.3, 0.4) is 0 Å². The van der Waals surface area contributed by atoms with Gasteiger partial charge in [0.2, 0.25) is 0 Å². The van der Waals surface area contributed by atoms with Crippen molar-refractivity contribution in [3.8, 4) is 5.75 Å². The van der Waals surface area contributed by atoms with Crippen LogP contribution in [0, 0.1) is 0 Å². The summed E-state index contributed by atoms with van der Waals surface area (Å²) < 4.78 is 10.5. The Bertz CT molecular complexity index is 902. The summed E-state index contributed by atoms with van der Waals surface area (Å²) in [5.74, 6) is 0.262. The Morgan fingerprint density at radius 3 is 2.30 bits per heavy atom. The van der Waals surface area contributed by atoms with Gasteiger partial charge >= 0.3 is 5.97 Å². The van der Waals surface area contributed by atoms with E-state index in [0.717, 1.165) is 43.8 Å². The van der Waals surface area contributed by atoms with Gasteiger partial charge in [0.25, 0.3) is 5.91 Å². The predicted molar refractivity (Wildman–Crippen MR) is 115 cm³/mol. The first kappa shape index (κ1) is 20.3. The molecule has 0 saturated carbocycles. The van der Waals surface area contributed by atoms with Gasteiger partial charge < -0.3 is 19.3 Å². The average molecular weight is 408 g/mol. The zero-order valence-corrected chi connectivity index (χ0v) is 17.4. The molecule has 1 saturated heterocycles. The number of carbonyl (C=O) groups excluding carboxylic acids is 2. The van der Waals surface area contributed by atoms with Gasteiger partial charge in [-0.2, -0.15) is 0 Å². The number of carbonyl (C=O) groups is 2. The van der Waals surface area contributed by atoms with Gasteiger partial charge in [0.15, 0.2) is 6.61 Å². The number of hydrogen-bond acceptors (Lipinski definition) is 5. The molecule has 1 heterocycles. The molecule has 0 atom stereocenters. The molecule has 0 unspecified atom stereocenters. The lowest BCUT2D eigenvalue weighted by Gasteiger charge is -2.36. The van der Waals surface area contributed by atoms with Crippen molar-refractivity contribution in [1.82, 2.24) is 4.90 Å². The van der Waals surface area contributed by atoms with Crippen LogP contribution in [0.4, 0.5) is 5.69 Å². The number of nitrogens with zero attached hydrogens (tertiary/aromatic N) is 2. The summed E-state index contributed by atoms with van der Waals surface area (Å²) in [6.07, 6.45) is 4.45. The number of piperazine rings is 1. The van der Waals surface area contributed by atoms with Crippen molar-refractivity contribution < 1.29 is 19.1 Å². The minimum atomic E-state index is -0.423. The Kier molecular flexibility index (Phi) is 6.21. The molecule has 0 bridgehead atoms. The van der Waals surface area contributed by atoms with Crippen LogP contribution >= 0.6 is 0 Å². The van der Waals surface area contributed by atoms with Gasteiger partial charge in [-0.1, -0.05) is 6.07 Å². The van der Waals surface area contributed by atoms with Crippen LogP contribution in [-0.2, 0) is 22.4 Å². The fourth-order valence-electron chi connectivity index (χ4n) is 4.17. The van der Waals surface area contributed by atoms with Gasteiger partial charge in [0, 0.05) is 31.9 Å². The molecule has 158 valence electrons. The van der Waals surface area contributed by atoms with Gasteiger partial charge in [-0.15, -0.1) is 0 Å². The smallest absolute Gasteiger partial charge is 0.338 e. The Morgan fingerprint density at radius 2 is 1.60 bits per heavy atom. The van der Waals surface area contributed by atoms with E-state index >= 15 is 0 Å². The molecule has 2 aliphatic rings. The lowest BCUT2D eigenvalue weighted by atomic mass is 9.90. The number of aryl methyl sites for hydroxylation is 2. The summed E-state index contributed by atoms with van der Waals surface area (Å²) in [6.45, 7) is 2.51. The number of amides is 1. The van der Waals surface area contributed by atoms with Crippen LogP contribution in [0.5, 0.6) is 5.75 Å². The number of esters is 1. The minimum absolute atomic E-state index is 0.143. The van der Waals surface area contributed by atoms with Crippen LogP contribution < -0.4 is 9.64 Å². The molecule has 6 heteroatoms. The summed E-state index contributed by atoms with van der Waals surface area (Å²) in [6, 6.07) is 13.7. The van der Waals surface area contributed by atoms with Gasteiger partial charge in [0.05, 0.1) is 12.7 Å². The third-order valence-electron chi connectivity index (χ3n) is 5.98. The predicted octanol–water partition coefficient (Wildman–Crippen LogP) is 3.08. The van der Waals surface area contributed by atoms with E-state index in [2.05, 4.69) is 4.90 Å². The number of ether oxygens (including phenoxy) is 2. The quantitative estimate of drug-likeness (QED) is 0.712. The Labute approximate surface area is 177 Å². The van der Waals surface area contributed by atoms with E-state index < -0.39 is 5.97 Å². The average Bonchev–Trinajstić information content (AvgIpc) is 2.82. The van der Waals surface area contributed by atoms with Crippen LogP contribution in [0.25, 0.3) is 0 Å². The molecule has 0 spiro atoms. The highest BCUT2D eigenvalue weighted by Crippen LogP contribution is 2.23. The van der Waals surface area contributed by atoms with E-state index in [0.29, 0.717) is 18.7 Å². The molecule has 1 aliphatic heterocycles. The summed E-state index contributed by atoms with van der Waals surface area (Å²) in [7, 11) is 1.65. The molecule has 4 rings (SSSR count). The van der Waals surface area contributed by atoms with E-state index in [9.17, 15) is 9.59 Å². The maximum absolute atomic E-state index is 12.5. The van der Waals surface area contributed by atoms with Crippen molar-refractivity contribution >= 4 is 17.6 Å². The molecule has 2 aromatic carbocycles. The first-order valence-corrected chi connectivity index (χ1v) is 10.6. The monoisotopic (exact) mass is 408 g/mol. The van der Waals surface area contributed by atoms with Gasteiger partial charge in [0.1, 0.15) is 5.75 Å². The van der Waals surface area contributed by atoms with Crippen LogP contribution in [0.1, 0.15) is 34.3 Å². The number of hydrogen-bond donors (Lipinski definition) is 0. The lowest BCUT2D eigenvalue weighted by molar-refractivity contribution is -0.134. The molecule has 0 aromatic heterocycles. The first-order chi connectivity index (χ1) is 14.6. The third kappa shape index (κ3) is 4.58. The van der Waals surface area contributed by atoms with Gasteiger partial charge in [-0.25, -0.2) is 4.79 Å². The fourth-order valence-corrected chi connectivity index (χ4v) is 4.17. The number of benzene rings is 2. The second kappa shape index (κ2) is 9.20. The second-order valence-electron chi connectivity index (χ2n) is 7.83. The summed E-state index contributed by atoms with van der Waals surface area (Å²) in [4.78, 5) is 28.9. The molecule has 0 N–H and O–H groups in total. The molecule has 0 radical (unpaired) electrons. The van der Waals surface area contributed by atoms with E-state index in [1.165, 1.54) is 17.5 Å².